The van der Waals surface area contributed by atoms with E-state index in [2.05, 4.69) is 0 Å². The van der Waals surface area contributed by atoms with Crippen molar-refractivity contribution in [3.63, 3.8) is 0 Å². The smallest absolute Gasteiger partial charge is 0.388 e. The number of aliphatic hydroxyl groups excluding tert-OH is 1. The van der Waals surface area contributed by atoms with E-state index in [-0.39, 0.29) is 22.5 Å². The quantitative estimate of drug-likeness (QED) is 0.353. The number of rotatable bonds is 4. The monoisotopic (exact) mass is 515 g/mol. The van der Waals surface area contributed by atoms with Crippen LogP contribution in [0, 0.1) is 11.2 Å². The molecule has 1 heterocycles. The molecule has 196 valence electrons. The van der Waals surface area contributed by atoms with Gasteiger partial charge in [-0.05, 0) is 72.1 Å². The van der Waals surface area contributed by atoms with Crippen molar-refractivity contribution in [3.05, 3.63) is 88.0 Å². The van der Waals surface area contributed by atoms with Crippen LogP contribution >= 0.6 is 0 Å². The van der Waals surface area contributed by atoms with Gasteiger partial charge in [0.2, 0.25) is 0 Å². The van der Waals surface area contributed by atoms with E-state index < -0.39 is 29.8 Å². The number of pyridine rings is 1. The maximum absolute atomic E-state index is 16.6. The second-order valence-corrected chi connectivity index (χ2v) is 11.2. The SMILES string of the molecule is CC1(C)Cc2nc(C3CCCC3)c([C@@H](F)c3ccc(C(F)(F)F)cc3)c(-c3cccc(F)c3)c2[C@@H](O)C1. The number of benzene rings is 2. The molecule has 0 unspecified atom stereocenters. The minimum Gasteiger partial charge on any atom is -0.388 e. The summed E-state index contributed by atoms with van der Waals surface area (Å²) < 4.78 is 70.5. The summed E-state index contributed by atoms with van der Waals surface area (Å²) in [5.41, 5.74) is 1.83. The number of hydrogen-bond donors (Lipinski definition) is 1. The van der Waals surface area contributed by atoms with E-state index >= 15 is 4.39 Å². The van der Waals surface area contributed by atoms with Crippen LogP contribution in [0.15, 0.2) is 48.5 Å². The van der Waals surface area contributed by atoms with Gasteiger partial charge in [-0.25, -0.2) is 8.78 Å². The summed E-state index contributed by atoms with van der Waals surface area (Å²) in [6.07, 6.45) is -2.64. The first kappa shape index (κ1) is 25.8. The number of halogens is 5. The first-order valence-corrected chi connectivity index (χ1v) is 12.8. The molecule has 1 fully saturated rings. The fraction of sp³-hybridized carbons (Fsp3) is 0.433. The molecule has 2 aliphatic carbocycles. The minimum atomic E-state index is -4.53. The molecular weight excluding hydrogens is 485 g/mol. The Hall–Kier alpha value is -2.80. The van der Waals surface area contributed by atoms with Gasteiger partial charge in [0.15, 0.2) is 6.17 Å². The van der Waals surface area contributed by atoms with Crippen molar-refractivity contribution in [2.45, 2.75) is 76.7 Å². The van der Waals surface area contributed by atoms with Crippen LogP contribution in [0.5, 0.6) is 0 Å². The number of alkyl halides is 4. The Morgan fingerprint density at radius 1 is 1.03 bits per heavy atom. The molecule has 0 radical (unpaired) electrons. The predicted octanol–water partition coefficient (Wildman–Crippen LogP) is 8.63. The van der Waals surface area contributed by atoms with Crippen LogP contribution in [0.2, 0.25) is 0 Å². The van der Waals surface area contributed by atoms with Crippen LogP contribution in [-0.4, -0.2) is 10.1 Å². The van der Waals surface area contributed by atoms with Crippen molar-refractivity contribution in [1.82, 2.24) is 4.98 Å². The van der Waals surface area contributed by atoms with Gasteiger partial charge in [-0.3, -0.25) is 4.98 Å². The van der Waals surface area contributed by atoms with Crippen LogP contribution in [-0.2, 0) is 12.6 Å². The summed E-state index contributed by atoms with van der Waals surface area (Å²) >= 11 is 0. The van der Waals surface area contributed by atoms with E-state index in [0.29, 0.717) is 40.9 Å². The lowest BCUT2D eigenvalue weighted by molar-refractivity contribution is -0.137. The highest BCUT2D eigenvalue weighted by atomic mass is 19.4. The molecule has 2 aromatic carbocycles. The van der Waals surface area contributed by atoms with E-state index in [9.17, 15) is 22.7 Å². The predicted molar refractivity (Wildman–Crippen MR) is 132 cm³/mol. The number of aromatic nitrogens is 1. The van der Waals surface area contributed by atoms with Crippen LogP contribution in [0.1, 0.15) is 97.8 Å². The standard InChI is InChI=1S/C30H30F5NO/c1-29(2)15-22-25(23(37)16-29)24(19-8-5-9-21(31)14-19)26(28(36-22)18-6-3-4-7-18)27(32)17-10-12-20(13-11-17)30(33,34)35/h5,8-14,18,23,27,37H,3-4,6-7,15-16H2,1-2H3/t23-,27-/m0/s1. The van der Waals surface area contributed by atoms with Gasteiger partial charge in [0.05, 0.1) is 17.4 Å². The lowest BCUT2D eigenvalue weighted by atomic mass is 9.71. The Kier molecular flexibility index (Phi) is 6.63. The maximum atomic E-state index is 16.6. The zero-order chi connectivity index (χ0) is 26.5. The van der Waals surface area contributed by atoms with Crippen molar-refractivity contribution in [3.8, 4) is 11.1 Å². The van der Waals surface area contributed by atoms with Gasteiger partial charge in [0.25, 0.3) is 0 Å². The summed E-state index contributed by atoms with van der Waals surface area (Å²) in [7, 11) is 0. The van der Waals surface area contributed by atoms with Gasteiger partial charge >= 0.3 is 6.18 Å². The van der Waals surface area contributed by atoms with Crippen LogP contribution in [0.3, 0.4) is 0 Å². The first-order chi connectivity index (χ1) is 17.4. The average molecular weight is 516 g/mol. The van der Waals surface area contributed by atoms with E-state index in [0.717, 1.165) is 49.9 Å². The Morgan fingerprint density at radius 2 is 1.70 bits per heavy atom. The van der Waals surface area contributed by atoms with E-state index in [1.807, 2.05) is 13.8 Å². The molecule has 2 atom stereocenters. The topological polar surface area (TPSA) is 33.1 Å². The lowest BCUT2D eigenvalue weighted by Gasteiger charge is -2.37. The highest BCUT2D eigenvalue weighted by molar-refractivity contribution is 5.75. The second-order valence-electron chi connectivity index (χ2n) is 11.2. The van der Waals surface area contributed by atoms with Crippen LogP contribution in [0.25, 0.3) is 11.1 Å². The maximum Gasteiger partial charge on any atom is 0.416 e. The normalized spacial score (nSPS) is 20.6. The van der Waals surface area contributed by atoms with Crippen LogP contribution in [0.4, 0.5) is 22.0 Å². The molecule has 0 spiro atoms. The molecule has 0 bridgehead atoms. The van der Waals surface area contributed by atoms with Gasteiger partial charge in [0, 0.05) is 22.7 Å². The summed E-state index contributed by atoms with van der Waals surface area (Å²) in [5.74, 6) is -0.505. The molecule has 2 nitrogen and oxygen atoms in total. The summed E-state index contributed by atoms with van der Waals surface area (Å²) in [6.45, 7) is 4.10. The average Bonchev–Trinajstić information content (AvgIpc) is 3.36. The summed E-state index contributed by atoms with van der Waals surface area (Å²) in [4.78, 5) is 4.98. The molecule has 1 saturated carbocycles. The third-order valence-electron chi connectivity index (χ3n) is 7.75. The van der Waals surface area contributed by atoms with E-state index in [4.69, 9.17) is 4.98 Å². The Morgan fingerprint density at radius 3 is 2.32 bits per heavy atom. The number of hydrogen-bond acceptors (Lipinski definition) is 2. The molecular formula is C30H30F5NO. The first-order valence-electron chi connectivity index (χ1n) is 12.8. The minimum absolute atomic E-state index is 0.0116. The third-order valence-corrected chi connectivity index (χ3v) is 7.75. The van der Waals surface area contributed by atoms with Gasteiger partial charge in [-0.1, -0.05) is 51.0 Å². The van der Waals surface area contributed by atoms with Crippen LogP contribution < -0.4 is 0 Å². The molecule has 0 aliphatic heterocycles. The van der Waals surface area contributed by atoms with Crippen molar-refractivity contribution < 1.29 is 27.1 Å². The molecule has 1 aromatic heterocycles. The summed E-state index contributed by atoms with van der Waals surface area (Å²) in [5, 5.41) is 11.3. The molecule has 1 N–H and O–H groups in total. The van der Waals surface area contributed by atoms with Gasteiger partial charge in [0.1, 0.15) is 5.82 Å². The van der Waals surface area contributed by atoms with Gasteiger partial charge < -0.3 is 5.11 Å². The fourth-order valence-electron chi connectivity index (χ4n) is 6.06. The second kappa shape index (κ2) is 9.50. The Bertz CT molecular complexity index is 1290. The molecule has 7 heteroatoms. The molecule has 3 aromatic rings. The molecule has 5 rings (SSSR count). The van der Waals surface area contributed by atoms with Gasteiger partial charge in [-0.15, -0.1) is 0 Å². The van der Waals surface area contributed by atoms with E-state index in [1.165, 1.54) is 12.1 Å². The van der Waals surface area contributed by atoms with E-state index in [1.54, 1.807) is 12.1 Å². The molecule has 0 amide bonds. The van der Waals surface area contributed by atoms with Gasteiger partial charge in [-0.2, -0.15) is 13.2 Å². The lowest BCUT2D eigenvalue weighted by Crippen LogP contribution is -2.29. The van der Waals surface area contributed by atoms with Crippen molar-refractivity contribution in [1.29, 1.82) is 0 Å². The van der Waals surface area contributed by atoms with Crippen molar-refractivity contribution in [2.75, 3.05) is 0 Å². The zero-order valence-electron chi connectivity index (χ0n) is 20.9. The number of aliphatic hydroxyl groups is 1. The number of fused-ring (bicyclic) bond motifs is 1. The Balaban J connectivity index is 1.78. The highest BCUT2D eigenvalue weighted by Crippen LogP contribution is 2.51. The number of nitrogens with zero attached hydrogens (tertiary/aromatic N) is 1. The zero-order valence-corrected chi connectivity index (χ0v) is 20.9. The van der Waals surface area contributed by atoms with Crippen molar-refractivity contribution >= 4 is 0 Å². The largest absolute Gasteiger partial charge is 0.416 e. The fourth-order valence-corrected chi connectivity index (χ4v) is 6.06. The third kappa shape index (κ3) is 5.02. The molecule has 37 heavy (non-hydrogen) atoms. The molecule has 0 saturated heterocycles. The van der Waals surface area contributed by atoms with Crippen molar-refractivity contribution in [2.24, 2.45) is 5.41 Å². The Labute approximate surface area is 213 Å². The summed E-state index contributed by atoms with van der Waals surface area (Å²) in [6, 6.07) is 9.92. The highest BCUT2D eigenvalue weighted by Gasteiger charge is 2.39. The molecule has 2 aliphatic rings.